The molecular formula is C16H25N3O3. The van der Waals surface area contributed by atoms with Crippen molar-refractivity contribution in [3.05, 3.63) is 24.3 Å². The highest BCUT2D eigenvalue weighted by Gasteiger charge is 2.29. The van der Waals surface area contributed by atoms with Crippen LogP contribution in [0.25, 0.3) is 0 Å². The third-order valence-electron chi connectivity index (χ3n) is 3.47. The van der Waals surface area contributed by atoms with Gasteiger partial charge in [-0.3, -0.25) is 4.99 Å². The number of aliphatic hydroxyl groups is 1. The van der Waals surface area contributed by atoms with Gasteiger partial charge in [-0.05, 0) is 38.1 Å². The van der Waals surface area contributed by atoms with E-state index in [1.165, 1.54) is 0 Å². The van der Waals surface area contributed by atoms with Crippen LogP contribution in [-0.4, -0.2) is 42.5 Å². The number of nitrogens with two attached hydrogens (primary N) is 1. The summed E-state index contributed by atoms with van der Waals surface area (Å²) < 4.78 is 10.8. The molecule has 4 N–H and O–H groups in total. The van der Waals surface area contributed by atoms with Crippen LogP contribution < -0.4 is 15.8 Å². The van der Waals surface area contributed by atoms with Gasteiger partial charge in [0.1, 0.15) is 5.75 Å². The van der Waals surface area contributed by atoms with Crippen LogP contribution in [0.15, 0.2) is 29.3 Å². The monoisotopic (exact) mass is 307 g/mol. The average Bonchev–Trinajstić information content (AvgIpc) is 2.48. The molecule has 0 aliphatic carbocycles. The minimum atomic E-state index is -0.806. The van der Waals surface area contributed by atoms with Crippen molar-refractivity contribution in [1.82, 2.24) is 0 Å². The number of nitrogens with one attached hydrogen (secondary N) is 1. The first-order valence-electron chi connectivity index (χ1n) is 7.61. The maximum atomic E-state index is 10.3. The molecule has 2 rings (SSSR count). The van der Waals surface area contributed by atoms with Crippen LogP contribution in [0.4, 0.5) is 5.69 Å². The summed E-state index contributed by atoms with van der Waals surface area (Å²) in [4.78, 5) is 4.23. The minimum Gasteiger partial charge on any atom is -0.491 e. The molecule has 0 bridgehead atoms. The fourth-order valence-corrected chi connectivity index (χ4v) is 2.22. The number of nitrogens with zero attached hydrogens (tertiary/aromatic N) is 1. The second-order valence-electron chi connectivity index (χ2n) is 5.85. The molecule has 6 heteroatoms. The molecule has 1 fully saturated rings. The molecule has 0 atom stereocenters. The van der Waals surface area contributed by atoms with Gasteiger partial charge in [0.15, 0.2) is 5.96 Å². The quantitative estimate of drug-likeness (QED) is 0.569. The zero-order chi connectivity index (χ0) is 16.0. The number of benzene rings is 1. The van der Waals surface area contributed by atoms with Crippen LogP contribution in [0.1, 0.15) is 26.7 Å². The molecule has 0 radical (unpaired) electrons. The summed E-state index contributed by atoms with van der Waals surface area (Å²) in [6.07, 6.45) is 1.32. The lowest BCUT2D eigenvalue weighted by Crippen LogP contribution is -2.40. The zero-order valence-electron chi connectivity index (χ0n) is 13.2. The van der Waals surface area contributed by atoms with Crippen LogP contribution in [-0.2, 0) is 4.74 Å². The second-order valence-corrected chi connectivity index (χ2v) is 5.85. The lowest BCUT2D eigenvalue weighted by atomic mass is 9.95. The highest BCUT2D eigenvalue weighted by atomic mass is 16.5. The molecule has 0 saturated carbocycles. The highest BCUT2D eigenvalue weighted by molar-refractivity contribution is 5.92. The molecule has 122 valence electrons. The van der Waals surface area contributed by atoms with Gasteiger partial charge < -0.3 is 25.6 Å². The molecule has 1 heterocycles. The Hall–Kier alpha value is -1.79. The van der Waals surface area contributed by atoms with Gasteiger partial charge in [0.05, 0.1) is 18.2 Å². The van der Waals surface area contributed by atoms with E-state index in [9.17, 15) is 5.11 Å². The zero-order valence-corrected chi connectivity index (χ0v) is 13.2. The molecule has 0 amide bonds. The van der Waals surface area contributed by atoms with Gasteiger partial charge in [-0.25, -0.2) is 0 Å². The molecule has 1 saturated heterocycles. The first-order valence-corrected chi connectivity index (χ1v) is 7.61. The maximum Gasteiger partial charge on any atom is 0.193 e. The Kier molecular flexibility index (Phi) is 5.63. The third-order valence-corrected chi connectivity index (χ3v) is 3.47. The van der Waals surface area contributed by atoms with E-state index in [1.807, 2.05) is 38.1 Å². The van der Waals surface area contributed by atoms with E-state index in [0.29, 0.717) is 26.1 Å². The molecule has 1 aliphatic heterocycles. The Morgan fingerprint density at radius 1 is 1.36 bits per heavy atom. The molecule has 0 unspecified atom stereocenters. The topological polar surface area (TPSA) is 89.1 Å². The number of guanidine groups is 1. The number of aliphatic imine (C=N–C) groups is 1. The Morgan fingerprint density at radius 2 is 2.00 bits per heavy atom. The van der Waals surface area contributed by atoms with E-state index in [0.717, 1.165) is 11.4 Å². The van der Waals surface area contributed by atoms with Crippen LogP contribution in [0.5, 0.6) is 5.75 Å². The van der Waals surface area contributed by atoms with Crippen molar-refractivity contribution < 1.29 is 14.6 Å². The van der Waals surface area contributed by atoms with Crippen molar-refractivity contribution in [3.8, 4) is 5.75 Å². The van der Waals surface area contributed by atoms with Crippen molar-refractivity contribution in [1.29, 1.82) is 0 Å². The van der Waals surface area contributed by atoms with E-state index < -0.39 is 5.60 Å². The van der Waals surface area contributed by atoms with Gasteiger partial charge >= 0.3 is 0 Å². The minimum absolute atomic E-state index is 0.144. The Bertz CT molecular complexity index is 494. The van der Waals surface area contributed by atoms with Crippen molar-refractivity contribution in [3.63, 3.8) is 0 Å². The van der Waals surface area contributed by atoms with Gasteiger partial charge in [0.25, 0.3) is 0 Å². The lowest BCUT2D eigenvalue weighted by molar-refractivity contribution is -0.0565. The first kappa shape index (κ1) is 16.6. The third kappa shape index (κ3) is 5.20. The Labute approximate surface area is 131 Å². The number of anilines is 1. The normalized spacial score (nSPS) is 18.3. The molecule has 22 heavy (non-hydrogen) atoms. The summed E-state index contributed by atoms with van der Waals surface area (Å²) in [5.41, 5.74) is 5.89. The van der Waals surface area contributed by atoms with Crippen LogP contribution in [0.3, 0.4) is 0 Å². The predicted octanol–water partition coefficient (Wildman–Crippen LogP) is 1.74. The van der Waals surface area contributed by atoms with Crippen molar-refractivity contribution in [2.75, 3.05) is 25.1 Å². The van der Waals surface area contributed by atoms with Crippen LogP contribution in [0, 0.1) is 0 Å². The molecule has 0 aromatic heterocycles. The Morgan fingerprint density at radius 3 is 2.59 bits per heavy atom. The summed E-state index contributed by atoms with van der Waals surface area (Å²) in [6.45, 7) is 5.38. The summed E-state index contributed by atoms with van der Waals surface area (Å²) in [5.74, 6) is 1.10. The van der Waals surface area contributed by atoms with Crippen molar-refractivity contribution >= 4 is 11.6 Å². The summed E-state index contributed by atoms with van der Waals surface area (Å²) >= 11 is 0. The smallest absolute Gasteiger partial charge is 0.193 e. The van der Waals surface area contributed by atoms with E-state index in [-0.39, 0.29) is 18.6 Å². The predicted molar refractivity (Wildman–Crippen MR) is 87.3 cm³/mol. The molecule has 1 aliphatic rings. The SMILES string of the molecule is CC(C)Oc1ccc(NC(N)=NCC2(O)CCOCC2)cc1. The summed E-state index contributed by atoms with van der Waals surface area (Å²) in [7, 11) is 0. The van der Waals surface area contributed by atoms with Gasteiger partial charge in [-0.2, -0.15) is 0 Å². The number of hydrogen-bond acceptors (Lipinski definition) is 4. The fraction of sp³-hybridized carbons (Fsp3) is 0.562. The van der Waals surface area contributed by atoms with E-state index in [4.69, 9.17) is 15.2 Å². The molecule has 0 spiro atoms. The maximum absolute atomic E-state index is 10.3. The standard InChI is InChI=1S/C16H25N3O3/c1-12(2)22-14-5-3-13(4-6-14)19-15(17)18-11-16(20)7-9-21-10-8-16/h3-6,12,20H,7-11H2,1-2H3,(H3,17,18,19). The fourth-order valence-electron chi connectivity index (χ4n) is 2.22. The number of rotatable bonds is 5. The van der Waals surface area contributed by atoms with Gasteiger partial charge in [-0.1, -0.05) is 0 Å². The second kappa shape index (κ2) is 7.47. The molecule has 1 aromatic carbocycles. The van der Waals surface area contributed by atoms with Crippen molar-refractivity contribution in [2.24, 2.45) is 10.7 Å². The van der Waals surface area contributed by atoms with Crippen molar-refractivity contribution in [2.45, 2.75) is 38.4 Å². The molecular weight excluding hydrogens is 282 g/mol. The Balaban J connectivity index is 1.87. The first-order chi connectivity index (χ1) is 10.5. The molecule has 6 nitrogen and oxygen atoms in total. The van der Waals surface area contributed by atoms with Gasteiger partial charge in [0.2, 0.25) is 0 Å². The summed E-state index contributed by atoms with van der Waals surface area (Å²) in [5, 5.41) is 13.3. The lowest BCUT2D eigenvalue weighted by Gasteiger charge is -2.30. The van der Waals surface area contributed by atoms with E-state index in [2.05, 4.69) is 10.3 Å². The van der Waals surface area contributed by atoms with Crippen LogP contribution in [0.2, 0.25) is 0 Å². The molecule has 1 aromatic rings. The number of hydrogen-bond donors (Lipinski definition) is 3. The van der Waals surface area contributed by atoms with E-state index >= 15 is 0 Å². The number of ether oxygens (including phenoxy) is 2. The highest BCUT2D eigenvalue weighted by Crippen LogP contribution is 2.21. The van der Waals surface area contributed by atoms with E-state index in [1.54, 1.807) is 0 Å². The van der Waals surface area contributed by atoms with Gasteiger partial charge in [-0.15, -0.1) is 0 Å². The average molecular weight is 307 g/mol. The van der Waals surface area contributed by atoms with Crippen LogP contribution >= 0.6 is 0 Å². The van der Waals surface area contributed by atoms with Gasteiger partial charge in [0, 0.05) is 31.7 Å². The summed E-state index contributed by atoms with van der Waals surface area (Å²) in [6, 6.07) is 7.51. The largest absolute Gasteiger partial charge is 0.491 e.